The standard InChI is InChI=1S/C21H29N3O3/c25-20(22-27)14-18-17-8-4-5-9-19(17)24(21(18)26)16-10-12-23(13-11-16)15-6-2-1-3-7-15/h4-5,8-9,15-16,18,27H,1-3,6-7,10-14H2,(H,22,25). The molecule has 2 aliphatic heterocycles. The van der Waals surface area contributed by atoms with E-state index in [0.29, 0.717) is 0 Å². The average Bonchev–Trinajstić information content (AvgIpc) is 3.00. The number of fused-ring (bicyclic) bond motifs is 1. The second-order valence-electron chi connectivity index (χ2n) is 8.12. The van der Waals surface area contributed by atoms with E-state index in [1.807, 2.05) is 29.2 Å². The molecule has 0 bridgehead atoms. The molecular weight excluding hydrogens is 342 g/mol. The lowest BCUT2D eigenvalue weighted by atomic mass is 9.91. The van der Waals surface area contributed by atoms with Gasteiger partial charge in [0.25, 0.3) is 0 Å². The highest BCUT2D eigenvalue weighted by molar-refractivity contribution is 6.07. The average molecular weight is 371 g/mol. The van der Waals surface area contributed by atoms with Crippen molar-refractivity contribution >= 4 is 17.5 Å². The maximum atomic E-state index is 13.1. The second-order valence-corrected chi connectivity index (χ2v) is 8.12. The minimum absolute atomic E-state index is 0.00378. The van der Waals surface area contributed by atoms with E-state index in [1.54, 1.807) is 5.48 Å². The van der Waals surface area contributed by atoms with Crippen LogP contribution in [0.25, 0.3) is 0 Å². The molecule has 27 heavy (non-hydrogen) atoms. The number of hydrogen-bond donors (Lipinski definition) is 2. The van der Waals surface area contributed by atoms with Crippen molar-refractivity contribution in [3.8, 4) is 0 Å². The Morgan fingerprint density at radius 2 is 1.74 bits per heavy atom. The molecule has 1 unspecified atom stereocenters. The molecule has 146 valence electrons. The predicted octanol–water partition coefficient (Wildman–Crippen LogP) is 2.81. The topological polar surface area (TPSA) is 72.9 Å². The fourth-order valence-electron chi connectivity index (χ4n) is 5.18. The summed E-state index contributed by atoms with van der Waals surface area (Å²) in [6, 6.07) is 8.69. The van der Waals surface area contributed by atoms with E-state index in [-0.39, 0.29) is 18.4 Å². The van der Waals surface area contributed by atoms with Gasteiger partial charge in [0.15, 0.2) is 0 Å². The molecule has 1 aromatic rings. The molecule has 2 amide bonds. The number of amides is 2. The Balaban J connectivity index is 1.47. The molecule has 1 atom stereocenters. The summed E-state index contributed by atoms with van der Waals surface area (Å²) < 4.78 is 0. The number of para-hydroxylation sites is 1. The van der Waals surface area contributed by atoms with Crippen LogP contribution in [0.1, 0.15) is 62.8 Å². The van der Waals surface area contributed by atoms with Crippen LogP contribution in [0.5, 0.6) is 0 Å². The van der Waals surface area contributed by atoms with Crippen molar-refractivity contribution in [2.75, 3.05) is 18.0 Å². The van der Waals surface area contributed by atoms with Gasteiger partial charge in [0.05, 0.1) is 5.92 Å². The second kappa shape index (κ2) is 7.98. The first kappa shape index (κ1) is 18.4. The maximum Gasteiger partial charge on any atom is 0.244 e. The molecule has 2 N–H and O–H groups in total. The lowest BCUT2D eigenvalue weighted by Gasteiger charge is -2.41. The first-order valence-corrected chi connectivity index (χ1v) is 10.3. The molecule has 1 aromatic carbocycles. The van der Waals surface area contributed by atoms with Crippen LogP contribution in [-0.4, -0.2) is 47.1 Å². The predicted molar refractivity (Wildman–Crippen MR) is 103 cm³/mol. The van der Waals surface area contributed by atoms with Crippen LogP contribution >= 0.6 is 0 Å². The van der Waals surface area contributed by atoms with Crippen LogP contribution in [0, 0.1) is 0 Å². The van der Waals surface area contributed by atoms with Crippen LogP contribution in [0.3, 0.4) is 0 Å². The zero-order valence-electron chi connectivity index (χ0n) is 15.8. The van der Waals surface area contributed by atoms with Gasteiger partial charge in [0.2, 0.25) is 11.8 Å². The number of rotatable bonds is 4. The number of anilines is 1. The summed E-state index contributed by atoms with van der Waals surface area (Å²) in [4.78, 5) is 29.4. The highest BCUT2D eigenvalue weighted by atomic mass is 16.5. The summed E-state index contributed by atoms with van der Waals surface area (Å²) in [6.45, 7) is 2.09. The smallest absolute Gasteiger partial charge is 0.244 e. The largest absolute Gasteiger partial charge is 0.308 e. The van der Waals surface area contributed by atoms with Crippen LogP contribution in [0.2, 0.25) is 0 Å². The van der Waals surface area contributed by atoms with E-state index < -0.39 is 11.8 Å². The Morgan fingerprint density at radius 3 is 2.44 bits per heavy atom. The van der Waals surface area contributed by atoms with Gasteiger partial charge in [-0.3, -0.25) is 14.8 Å². The number of hydrogen-bond acceptors (Lipinski definition) is 4. The summed E-state index contributed by atoms with van der Waals surface area (Å²) in [5.41, 5.74) is 3.51. The molecule has 2 heterocycles. The number of benzene rings is 1. The molecule has 6 nitrogen and oxygen atoms in total. The Labute approximate surface area is 160 Å². The summed E-state index contributed by atoms with van der Waals surface area (Å²) in [6.07, 6.45) is 8.64. The minimum atomic E-state index is -0.517. The fraction of sp³-hybridized carbons (Fsp3) is 0.619. The molecule has 3 aliphatic rings. The van der Waals surface area contributed by atoms with Gasteiger partial charge >= 0.3 is 0 Å². The van der Waals surface area contributed by atoms with E-state index in [4.69, 9.17) is 5.21 Å². The zero-order chi connectivity index (χ0) is 18.8. The van der Waals surface area contributed by atoms with Crippen molar-refractivity contribution in [3.63, 3.8) is 0 Å². The molecular formula is C21H29N3O3. The van der Waals surface area contributed by atoms with Gasteiger partial charge in [0.1, 0.15) is 0 Å². The third-order valence-electron chi connectivity index (χ3n) is 6.58. The van der Waals surface area contributed by atoms with Crippen molar-refractivity contribution in [3.05, 3.63) is 29.8 Å². The minimum Gasteiger partial charge on any atom is -0.308 e. The number of likely N-dealkylation sites (tertiary alicyclic amines) is 1. The van der Waals surface area contributed by atoms with Gasteiger partial charge in [-0.1, -0.05) is 37.5 Å². The Bertz CT molecular complexity index is 694. The molecule has 1 saturated heterocycles. The van der Waals surface area contributed by atoms with E-state index in [1.165, 1.54) is 32.1 Å². The van der Waals surface area contributed by atoms with Crippen molar-refractivity contribution in [2.24, 2.45) is 0 Å². The van der Waals surface area contributed by atoms with E-state index in [9.17, 15) is 9.59 Å². The number of nitrogens with one attached hydrogen (secondary N) is 1. The first-order valence-electron chi connectivity index (χ1n) is 10.3. The molecule has 0 aromatic heterocycles. The van der Waals surface area contributed by atoms with Crippen molar-refractivity contribution < 1.29 is 14.8 Å². The SMILES string of the molecule is O=C(CC1C(=O)N(C2CCN(C3CCCCC3)CC2)c2ccccc21)NO. The molecule has 1 aliphatic carbocycles. The summed E-state index contributed by atoms with van der Waals surface area (Å²) in [5, 5.41) is 8.87. The van der Waals surface area contributed by atoms with Gasteiger partial charge in [-0.25, -0.2) is 5.48 Å². The monoisotopic (exact) mass is 371 g/mol. The number of piperidine rings is 1. The van der Waals surface area contributed by atoms with Crippen molar-refractivity contribution in [1.82, 2.24) is 10.4 Å². The van der Waals surface area contributed by atoms with Gasteiger partial charge in [-0.2, -0.15) is 0 Å². The Kier molecular flexibility index (Phi) is 5.45. The summed E-state index contributed by atoms with van der Waals surface area (Å²) in [5.74, 6) is -1.02. The third kappa shape index (κ3) is 3.60. The molecule has 0 radical (unpaired) electrons. The van der Waals surface area contributed by atoms with Crippen LogP contribution < -0.4 is 10.4 Å². The third-order valence-corrected chi connectivity index (χ3v) is 6.58. The summed E-state index contributed by atoms with van der Waals surface area (Å²) >= 11 is 0. The number of carbonyl (C=O) groups excluding carboxylic acids is 2. The Hall–Kier alpha value is -1.92. The van der Waals surface area contributed by atoms with E-state index in [2.05, 4.69) is 4.90 Å². The van der Waals surface area contributed by atoms with E-state index >= 15 is 0 Å². The van der Waals surface area contributed by atoms with Crippen molar-refractivity contribution in [1.29, 1.82) is 0 Å². The van der Waals surface area contributed by atoms with Crippen molar-refractivity contribution in [2.45, 2.75) is 69.4 Å². The van der Waals surface area contributed by atoms with Gasteiger partial charge in [-0.05, 0) is 37.3 Å². The fourth-order valence-corrected chi connectivity index (χ4v) is 5.18. The lowest BCUT2D eigenvalue weighted by Crippen LogP contribution is -2.49. The maximum absolute atomic E-state index is 13.1. The number of nitrogens with zero attached hydrogens (tertiary/aromatic N) is 2. The number of carbonyl (C=O) groups is 2. The van der Waals surface area contributed by atoms with Gasteiger partial charge in [0, 0.05) is 37.3 Å². The quantitative estimate of drug-likeness (QED) is 0.631. The summed E-state index contributed by atoms with van der Waals surface area (Å²) in [7, 11) is 0. The normalized spacial score (nSPS) is 24.9. The molecule has 1 saturated carbocycles. The van der Waals surface area contributed by atoms with Crippen LogP contribution in [-0.2, 0) is 9.59 Å². The molecule has 6 heteroatoms. The first-order chi connectivity index (χ1) is 13.2. The Morgan fingerprint density at radius 1 is 1.04 bits per heavy atom. The van der Waals surface area contributed by atoms with Crippen LogP contribution in [0.4, 0.5) is 5.69 Å². The van der Waals surface area contributed by atoms with Crippen LogP contribution in [0.15, 0.2) is 24.3 Å². The highest BCUT2D eigenvalue weighted by Gasteiger charge is 2.42. The molecule has 2 fully saturated rings. The van der Waals surface area contributed by atoms with Gasteiger partial charge < -0.3 is 9.80 Å². The van der Waals surface area contributed by atoms with Gasteiger partial charge in [-0.15, -0.1) is 0 Å². The molecule has 4 rings (SSSR count). The highest BCUT2D eigenvalue weighted by Crippen LogP contribution is 2.42. The lowest BCUT2D eigenvalue weighted by molar-refractivity contribution is -0.132. The molecule has 0 spiro atoms. The number of hydroxylamine groups is 1. The van der Waals surface area contributed by atoms with E-state index in [0.717, 1.165) is 43.2 Å². The zero-order valence-corrected chi connectivity index (χ0v) is 15.8.